The summed E-state index contributed by atoms with van der Waals surface area (Å²) in [5.74, 6) is -3.67. The van der Waals surface area contributed by atoms with Crippen LogP contribution in [0.2, 0.25) is 0 Å². The second kappa shape index (κ2) is 5.67. The predicted octanol–water partition coefficient (Wildman–Crippen LogP) is -0.757. The Hall–Kier alpha value is -0.000000000000000104. The third-order valence-electron chi connectivity index (χ3n) is 0.733. The Morgan fingerprint density at radius 2 is 1.38 bits per heavy atom. The molecular weight excluding hydrogens is 234 g/mol. The fourth-order valence-electron chi connectivity index (χ4n) is 0.310. The molecule has 6 nitrogen and oxygen atoms in total. The van der Waals surface area contributed by atoms with Crippen LogP contribution in [-0.4, -0.2) is 36.7 Å². The summed E-state index contributed by atoms with van der Waals surface area (Å²) in [4.78, 5) is 0. The molecule has 0 aliphatic rings. The number of hydrogen-bond donors (Lipinski definition) is 0. The molecule has 80 valence electrons. The number of hydrogen-bond acceptors (Lipinski definition) is 6. The fraction of sp³-hybridized carbons (Fsp3) is 1.00. The Bertz CT molecular complexity index is 188. The van der Waals surface area contributed by atoms with E-state index in [-0.39, 0.29) is 0 Å². The van der Waals surface area contributed by atoms with Crippen molar-refractivity contribution in [3.05, 3.63) is 0 Å². The van der Waals surface area contributed by atoms with Gasteiger partial charge in [-0.1, -0.05) is 0 Å². The summed E-state index contributed by atoms with van der Waals surface area (Å²) in [6.45, 7) is -2.92. The molecule has 0 saturated heterocycles. The molecule has 0 heterocycles. The van der Waals surface area contributed by atoms with Crippen molar-refractivity contribution >= 4 is 22.7 Å². The second-order valence-electron chi connectivity index (χ2n) is 1.79. The van der Waals surface area contributed by atoms with Gasteiger partial charge in [0.25, 0.3) is 5.92 Å². The lowest BCUT2D eigenvalue weighted by molar-refractivity contribution is -0.0710. The van der Waals surface area contributed by atoms with E-state index in [1.54, 1.807) is 0 Å². The van der Waals surface area contributed by atoms with Crippen LogP contribution in [-0.2, 0) is 31.1 Å². The molecule has 2 unspecified atom stereocenters. The highest BCUT2D eigenvalue weighted by Gasteiger charge is 2.30. The van der Waals surface area contributed by atoms with Crippen LogP contribution < -0.4 is 0 Å². The van der Waals surface area contributed by atoms with E-state index >= 15 is 0 Å². The lowest BCUT2D eigenvalue weighted by Gasteiger charge is -2.17. The number of rotatable bonds is 6. The minimum atomic E-state index is -3.67. The fourth-order valence-corrected chi connectivity index (χ4v) is 0.848. The van der Waals surface area contributed by atoms with Gasteiger partial charge in [-0.2, -0.15) is 0 Å². The van der Waals surface area contributed by atoms with Crippen molar-refractivity contribution in [3.63, 3.8) is 0 Å². The van der Waals surface area contributed by atoms with Crippen molar-refractivity contribution in [1.29, 1.82) is 0 Å². The first-order valence-electron chi connectivity index (χ1n) is 2.66. The number of halogens is 2. The highest BCUT2D eigenvalue weighted by molar-refractivity contribution is 7.74. The first kappa shape index (κ1) is 13.0. The quantitative estimate of drug-likeness (QED) is 0.564. The van der Waals surface area contributed by atoms with E-state index in [9.17, 15) is 26.3 Å². The molecule has 0 aliphatic heterocycles. The Kier molecular flexibility index (Phi) is 5.67. The van der Waals surface area contributed by atoms with Gasteiger partial charge >= 0.3 is 0 Å². The lowest BCUT2D eigenvalue weighted by Crippen LogP contribution is -2.30. The van der Waals surface area contributed by atoms with E-state index < -0.39 is 41.9 Å². The van der Waals surface area contributed by atoms with Crippen molar-refractivity contribution in [1.82, 2.24) is 0 Å². The Labute approximate surface area is 77.2 Å². The van der Waals surface area contributed by atoms with Crippen molar-refractivity contribution in [3.8, 4) is 0 Å². The van der Waals surface area contributed by atoms with Gasteiger partial charge in [-0.25, -0.2) is 17.2 Å². The Morgan fingerprint density at radius 3 is 1.62 bits per heavy atom. The van der Waals surface area contributed by atoms with Crippen LogP contribution >= 0.6 is 0 Å². The highest BCUT2D eigenvalue weighted by atomic mass is 32.2. The molecule has 0 spiro atoms. The van der Waals surface area contributed by atoms with Gasteiger partial charge in [0, 0.05) is 0 Å². The molecule has 0 amide bonds. The topological polar surface area (TPSA) is 98.7 Å². The zero-order valence-corrected chi connectivity index (χ0v) is 7.57. The number of alkyl halides is 2. The van der Waals surface area contributed by atoms with Gasteiger partial charge in [-0.15, -0.1) is 0 Å². The average molecular weight is 238 g/mol. The van der Waals surface area contributed by atoms with Gasteiger partial charge < -0.3 is 9.11 Å². The van der Waals surface area contributed by atoms with Gasteiger partial charge in [0.2, 0.25) is 0 Å². The van der Waals surface area contributed by atoms with E-state index in [0.717, 1.165) is 0 Å². The summed E-state index contributed by atoms with van der Waals surface area (Å²) in [7, 11) is 0. The van der Waals surface area contributed by atoms with Crippen molar-refractivity contribution in [2.45, 2.75) is 5.92 Å². The molecule has 0 radical (unpaired) electrons. The van der Waals surface area contributed by atoms with E-state index in [4.69, 9.17) is 0 Å². The molecule has 0 saturated carbocycles. The van der Waals surface area contributed by atoms with Crippen LogP contribution in [0.15, 0.2) is 0 Å². The maximum atomic E-state index is 12.3. The molecular formula is C3H4F2O6S2-2. The van der Waals surface area contributed by atoms with Crippen LogP contribution in [0.3, 0.4) is 0 Å². The van der Waals surface area contributed by atoms with Gasteiger partial charge in [0.05, 0.1) is 22.7 Å². The zero-order chi connectivity index (χ0) is 10.5. The van der Waals surface area contributed by atoms with Gasteiger partial charge in [0.15, 0.2) is 0 Å². The van der Waals surface area contributed by atoms with E-state index in [1.165, 1.54) is 0 Å². The smallest absolute Gasteiger partial charge is 0.296 e. The summed E-state index contributed by atoms with van der Waals surface area (Å²) >= 11 is -6.13. The molecule has 0 aromatic heterocycles. The van der Waals surface area contributed by atoms with Crippen molar-refractivity contribution in [2.24, 2.45) is 0 Å². The standard InChI is InChI=1S/C3H6F2O6S2/c4-3(5,1-10-12(6)7)2-11-13(8)9/h1-2H2,(H,6,7)(H,8,9)/p-2. The summed E-state index contributed by atoms with van der Waals surface area (Å²) < 4.78 is 70.4. The monoisotopic (exact) mass is 238 g/mol. The van der Waals surface area contributed by atoms with E-state index in [1.807, 2.05) is 0 Å². The minimum absolute atomic E-state index is 1.46. The first-order chi connectivity index (χ1) is 5.83. The second-order valence-corrected chi connectivity index (χ2v) is 3.08. The normalized spacial score (nSPS) is 16.9. The molecule has 2 atom stereocenters. The molecule has 0 aliphatic carbocycles. The van der Waals surface area contributed by atoms with Crippen molar-refractivity contribution in [2.75, 3.05) is 13.2 Å². The van der Waals surface area contributed by atoms with E-state index in [2.05, 4.69) is 8.37 Å². The zero-order valence-electron chi connectivity index (χ0n) is 5.94. The molecule has 0 N–H and O–H groups in total. The first-order valence-corrected chi connectivity index (χ1v) is 4.66. The molecule has 0 aromatic rings. The summed E-state index contributed by atoms with van der Waals surface area (Å²) in [5, 5.41) is 0. The summed E-state index contributed by atoms with van der Waals surface area (Å²) in [5.41, 5.74) is 0. The average Bonchev–Trinajstić information content (AvgIpc) is 1.98. The Balaban J connectivity index is 3.79. The maximum Gasteiger partial charge on any atom is 0.296 e. The molecule has 13 heavy (non-hydrogen) atoms. The van der Waals surface area contributed by atoms with Crippen LogP contribution in [0.1, 0.15) is 0 Å². The summed E-state index contributed by atoms with van der Waals surface area (Å²) in [6.07, 6.45) is 0. The third kappa shape index (κ3) is 8.33. The van der Waals surface area contributed by atoms with Gasteiger partial charge in [0.1, 0.15) is 13.2 Å². The predicted molar refractivity (Wildman–Crippen MR) is 34.7 cm³/mol. The van der Waals surface area contributed by atoms with Crippen LogP contribution in [0.25, 0.3) is 0 Å². The lowest BCUT2D eigenvalue weighted by atomic mass is 10.4. The molecule has 0 aromatic carbocycles. The van der Waals surface area contributed by atoms with Crippen molar-refractivity contribution < 1.29 is 34.7 Å². The van der Waals surface area contributed by atoms with Gasteiger partial charge in [-0.05, 0) is 0 Å². The molecule has 0 fully saturated rings. The van der Waals surface area contributed by atoms with E-state index in [0.29, 0.717) is 0 Å². The summed E-state index contributed by atoms with van der Waals surface area (Å²) in [6, 6.07) is 0. The SMILES string of the molecule is O=S([O-])OCC(F)(F)COS(=O)[O-]. The minimum Gasteiger partial charge on any atom is -0.750 e. The third-order valence-corrected chi connectivity index (χ3v) is 1.35. The molecule has 0 bridgehead atoms. The Morgan fingerprint density at radius 1 is 1.08 bits per heavy atom. The van der Waals surface area contributed by atoms with Crippen LogP contribution in [0.4, 0.5) is 8.78 Å². The van der Waals surface area contributed by atoms with Crippen LogP contribution in [0, 0.1) is 0 Å². The maximum absolute atomic E-state index is 12.3. The van der Waals surface area contributed by atoms with Gasteiger partial charge in [-0.3, -0.25) is 8.37 Å². The largest absolute Gasteiger partial charge is 0.750 e. The van der Waals surface area contributed by atoms with Crippen LogP contribution in [0.5, 0.6) is 0 Å². The molecule has 0 rings (SSSR count). The highest BCUT2D eigenvalue weighted by Crippen LogP contribution is 2.14. The molecule has 10 heteroatoms.